The molecule has 2 aromatic carbocycles. The van der Waals surface area contributed by atoms with E-state index in [1.807, 2.05) is 0 Å². The fraction of sp³-hybridized carbons (Fsp3) is 0.300. The molecule has 1 aliphatic rings. The number of carbonyl (C=O) groups is 2. The van der Waals surface area contributed by atoms with Gasteiger partial charge in [-0.3, -0.25) is 14.5 Å². The van der Waals surface area contributed by atoms with Gasteiger partial charge in [0.05, 0.1) is 25.9 Å². The molecule has 0 saturated heterocycles. The van der Waals surface area contributed by atoms with Gasteiger partial charge >= 0.3 is 0 Å². The second-order valence-corrected chi connectivity index (χ2v) is 7.33. The van der Waals surface area contributed by atoms with Gasteiger partial charge in [-0.15, -0.1) is 0 Å². The van der Waals surface area contributed by atoms with Gasteiger partial charge in [0.25, 0.3) is 0 Å². The van der Waals surface area contributed by atoms with E-state index in [1.165, 1.54) is 0 Å². The lowest BCUT2D eigenvalue weighted by atomic mass is 10.2. The first-order valence-electron chi connectivity index (χ1n) is 8.96. The third-order valence-corrected chi connectivity index (χ3v) is 4.74. The summed E-state index contributed by atoms with van der Waals surface area (Å²) in [4.78, 5) is 26.2. The quantitative estimate of drug-likeness (QED) is 0.655. The number of nitrogens with one attached hydrogen (secondary N) is 2. The summed E-state index contributed by atoms with van der Waals surface area (Å²) in [6, 6.07) is 10.6. The fourth-order valence-corrected chi connectivity index (χ4v) is 3.22. The van der Waals surface area contributed by atoms with Crippen molar-refractivity contribution in [3.8, 4) is 17.2 Å². The van der Waals surface area contributed by atoms with Gasteiger partial charge in [0, 0.05) is 28.4 Å². The van der Waals surface area contributed by atoms with Crippen molar-refractivity contribution in [2.45, 2.75) is 0 Å². The number of benzene rings is 2. The maximum absolute atomic E-state index is 12.4. The lowest BCUT2D eigenvalue weighted by Crippen LogP contribution is -2.36. The minimum absolute atomic E-state index is 0.0480. The van der Waals surface area contributed by atoms with Crippen LogP contribution in [-0.2, 0) is 9.59 Å². The number of carbonyl (C=O) groups excluding carboxylic acids is 2. The van der Waals surface area contributed by atoms with Crippen LogP contribution in [0.25, 0.3) is 0 Å². The number of nitrogens with zero attached hydrogens (tertiary/aromatic N) is 1. The van der Waals surface area contributed by atoms with Crippen molar-refractivity contribution in [3.63, 3.8) is 0 Å². The maximum Gasteiger partial charge on any atom is 0.238 e. The first kappa shape index (κ1) is 20.9. The zero-order valence-electron chi connectivity index (χ0n) is 16.2. The van der Waals surface area contributed by atoms with Crippen LogP contribution >= 0.6 is 15.9 Å². The molecule has 1 aliphatic heterocycles. The Kier molecular flexibility index (Phi) is 6.95. The normalized spacial score (nSPS) is 12.4. The minimum atomic E-state index is -0.251. The van der Waals surface area contributed by atoms with Gasteiger partial charge in [-0.25, -0.2) is 0 Å². The predicted octanol–water partition coefficient (Wildman–Crippen LogP) is 2.74. The Labute approximate surface area is 177 Å². The standard InChI is InChI=1S/C20H22BrN3O5/c1-24(11-19(25)22-13-4-3-5-14(8-13)27-2)12-20(26)23-16-10-18-17(9-15(16)21)28-6-7-29-18/h3-5,8-10H,6-7,11-12H2,1-2H3,(H,22,25)(H,23,26). The first-order valence-corrected chi connectivity index (χ1v) is 9.75. The number of halogens is 1. The topological polar surface area (TPSA) is 89.1 Å². The van der Waals surface area contributed by atoms with Crippen LogP contribution in [0.15, 0.2) is 40.9 Å². The first-order chi connectivity index (χ1) is 13.9. The Balaban J connectivity index is 1.52. The van der Waals surface area contributed by atoms with Gasteiger partial charge in [0.1, 0.15) is 19.0 Å². The lowest BCUT2D eigenvalue weighted by Gasteiger charge is -2.21. The molecule has 8 nitrogen and oxygen atoms in total. The molecule has 1 heterocycles. The molecule has 0 atom stereocenters. The van der Waals surface area contributed by atoms with Crippen molar-refractivity contribution < 1.29 is 23.8 Å². The highest BCUT2D eigenvalue weighted by molar-refractivity contribution is 9.10. The zero-order chi connectivity index (χ0) is 20.8. The molecule has 0 unspecified atom stereocenters. The van der Waals surface area contributed by atoms with Gasteiger partial charge in [-0.1, -0.05) is 6.07 Å². The molecule has 0 fully saturated rings. The Morgan fingerprint density at radius 1 is 1.07 bits per heavy atom. The van der Waals surface area contributed by atoms with E-state index in [-0.39, 0.29) is 24.9 Å². The Hall–Kier alpha value is -2.78. The van der Waals surface area contributed by atoms with Gasteiger partial charge in [0.2, 0.25) is 11.8 Å². The van der Waals surface area contributed by atoms with E-state index >= 15 is 0 Å². The molecule has 9 heteroatoms. The van der Waals surface area contributed by atoms with Crippen LogP contribution in [0.3, 0.4) is 0 Å². The summed E-state index contributed by atoms with van der Waals surface area (Å²) in [7, 11) is 3.26. The molecule has 0 bridgehead atoms. The molecule has 2 aromatic rings. The van der Waals surface area contributed by atoms with E-state index in [2.05, 4.69) is 26.6 Å². The molecular formula is C20H22BrN3O5. The Bertz CT molecular complexity index is 906. The SMILES string of the molecule is COc1cccc(NC(=O)CN(C)CC(=O)Nc2cc3c(cc2Br)OCCO3)c1. The van der Waals surface area contributed by atoms with Crippen molar-refractivity contribution in [1.29, 1.82) is 0 Å². The number of anilines is 2. The zero-order valence-corrected chi connectivity index (χ0v) is 17.7. The van der Waals surface area contributed by atoms with Gasteiger partial charge in [0.15, 0.2) is 11.5 Å². The number of amides is 2. The number of likely N-dealkylation sites (N-methyl/N-ethyl adjacent to an activating group) is 1. The van der Waals surface area contributed by atoms with E-state index in [9.17, 15) is 9.59 Å². The van der Waals surface area contributed by atoms with E-state index in [4.69, 9.17) is 14.2 Å². The number of hydrogen-bond acceptors (Lipinski definition) is 6. The number of fused-ring (bicyclic) bond motifs is 1. The van der Waals surface area contributed by atoms with Crippen molar-refractivity contribution in [2.75, 3.05) is 51.1 Å². The molecule has 0 saturated carbocycles. The summed E-state index contributed by atoms with van der Waals surface area (Å²) in [6.07, 6.45) is 0. The van der Waals surface area contributed by atoms with Crippen LogP contribution < -0.4 is 24.8 Å². The van der Waals surface area contributed by atoms with Crippen LogP contribution in [0.5, 0.6) is 17.2 Å². The highest BCUT2D eigenvalue weighted by atomic mass is 79.9. The maximum atomic E-state index is 12.4. The number of ether oxygens (including phenoxy) is 3. The number of hydrogen-bond donors (Lipinski definition) is 2. The second kappa shape index (κ2) is 9.62. The van der Waals surface area contributed by atoms with Crippen LogP contribution in [0, 0.1) is 0 Å². The molecular weight excluding hydrogens is 442 g/mol. The third kappa shape index (κ3) is 5.85. The Morgan fingerprint density at radius 2 is 1.72 bits per heavy atom. The van der Waals surface area contributed by atoms with Crippen LogP contribution in [0.2, 0.25) is 0 Å². The van der Waals surface area contributed by atoms with Crippen molar-refractivity contribution >= 4 is 39.1 Å². The lowest BCUT2D eigenvalue weighted by molar-refractivity contribution is -0.119. The molecule has 2 amide bonds. The summed E-state index contributed by atoms with van der Waals surface area (Å²) in [5, 5.41) is 5.60. The molecule has 29 heavy (non-hydrogen) atoms. The molecule has 3 rings (SSSR count). The summed E-state index contributed by atoms with van der Waals surface area (Å²) in [6.45, 7) is 1.07. The van der Waals surface area contributed by atoms with Crippen molar-refractivity contribution in [3.05, 3.63) is 40.9 Å². The van der Waals surface area contributed by atoms with Crippen molar-refractivity contribution in [2.24, 2.45) is 0 Å². The highest BCUT2D eigenvalue weighted by Crippen LogP contribution is 2.38. The molecule has 154 valence electrons. The molecule has 0 aliphatic carbocycles. The average molecular weight is 464 g/mol. The van der Waals surface area contributed by atoms with Crippen LogP contribution in [-0.4, -0.2) is 57.2 Å². The van der Waals surface area contributed by atoms with Gasteiger partial charge in [-0.2, -0.15) is 0 Å². The van der Waals surface area contributed by atoms with Crippen molar-refractivity contribution in [1.82, 2.24) is 4.90 Å². The van der Waals surface area contributed by atoms with Gasteiger partial charge < -0.3 is 24.8 Å². The monoisotopic (exact) mass is 463 g/mol. The summed E-state index contributed by atoms with van der Waals surface area (Å²) < 4.78 is 16.9. The summed E-state index contributed by atoms with van der Waals surface area (Å²) in [5.41, 5.74) is 1.21. The average Bonchev–Trinajstić information content (AvgIpc) is 2.68. The molecule has 0 aromatic heterocycles. The Morgan fingerprint density at radius 3 is 2.41 bits per heavy atom. The number of rotatable bonds is 7. The summed E-state index contributed by atoms with van der Waals surface area (Å²) >= 11 is 3.42. The highest BCUT2D eigenvalue weighted by Gasteiger charge is 2.17. The largest absolute Gasteiger partial charge is 0.497 e. The van der Waals surface area contributed by atoms with Crippen LogP contribution in [0.4, 0.5) is 11.4 Å². The van der Waals surface area contributed by atoms with E-state index < -0.39 is 0 Å². The fourth-order valence-electron chi connectivity index (χ4n) is 2.80. The van der Waals surface area contributed by atoms with Gasteiger partial charge in [-0.05, 0) is 35.1 Å². The third-order valence-electron chi connectivity index (χ3n) is 4.09. The summed E-state index contributed by atoms with van der Waals surface area (Å²) in [5.74, 6) is 1.39. The minimum Gasteiger partial charge on any atom is -0.497 e. The van der Waals surface area contributed by atoms with E-state index in [0.29, 0.717) is 46.3 Å². The second-order valence-electron chi connectivity index (χ2n) is 6.48. The number of methoxy groups -OCH3 is 1. The van der Waals surface area contributed by atoms with E-state index in [0.717, 1.165) is 0 Å². The molecule has 2 N–H and O–H groups in total. The molecule has 0 radical (unpaired) electrons. The van der Waals surface area contributed by atoms with Crippen LogP contribution in [0.1, 0.15) is 0 Å². The van der Waals surface area contributed by atoms with E-state index in [1.54, 1.807) is 55.5 Å². The molecule has 0 spiro atoms. The predicted molar refractivity (Wildman–Crippen MR) is 113 cm³/mol. The smallest absolute Gasteiger partial charge is 0.238 e.